The predicted octanol–water partition coefficient (Wildman–Crippen LogP) is 3.34. The third-order valence-electron chi connectivity index (χ3n) is 4.57. The Balaban J connectivity index is 1.53. The second-order valence-electron chi connectivity index (χ2n) is 6.56. The van der Waals surface area contributed by atoms with Gasteiger partial charge in [-0.3, -0.25) is 4.98 Å². The Morgan fingerprint density at radius 2 is 2.11 bits per heavy atom. The number of hydrogen-bond acceptors (Lipinski definition) is 6. The Bertz CT molecular complexity index is 895. The van der Waals surface area contributed by atoms with Crippen molar-refractivity contribution in [3.8, 4) is 11.5 Å². The van der Waals surface area contributed by atoms with Crippen LogP contribution in [0.15, 0.2) is 59.5 Å². The molecule has 0 spiro atoms. The van der Waals surface area contributed by atoms with Crippen molar-refractivity contribution in [2.45, 2.75) is 25.5 Å². The molecule has 0 radical (unpaired) electrons. The Hall–Kier alpha value is -3.26. The lowest BCUT2D eigenvalue weighted by Gasteiger charge is -2.26. The molecule has 1 atom stereocenters. The van der Waals surface area contributed by atoms with E-state index >= 15 is 0 Å². The van der Waals surface area contributed by atoms with Crippen LogP contribution in [0.2, 0.25) is 0 Å². The van der Waals surface area contributed by atoms with Crippen LogP contribution in [0.1, 0.15) is 18.5 Å². The smallest absolute Gasteiger partial charge is 0.322 e. The number of aromatic nitrogens is 3. The van der Waals surface area contributed by atoms with Crippen LogP contribution >= 0.6 is 0 Å². The van der Waals surface area contributed by atoms with Gasteiger partial charge in [0.2, 0.25) is 12.3 Å². The normalized spacial score (nSPS) is 16.1. The topological polar surface area (TPSA) is 93.4 Å². The van der Waals surface area contributed by atoms with E-state index in [9.17, 15) is 4.79 Å². The third kappa shape index (κ3) is 4.34. The molecule has 2 amide bonds. The molecular formula is C20H21N5O3. The van der Waals surface area contributed by atoms with Gasteiger partial charge in [-0.25, -0.2) is 4.79 Å². The maximum atomic E-state index is 13.1. The number of anilines is 1. The number of nitrogens with zero attached hydrogens (tertiary/aromatic N) is 4. The largest absolute Gasteiger partial charge is 0.423 e. The first-order chi connectivity index (χ1) is 13.8. The van der Waals surface area contributed by atoms with Gasteiger partial charge in [-0.15, -0.1) is 10.2 Å². The first kappa shape index (κ1) is 18.1. The molecule has 0 aliphatic carbocycles. The average molecular weight is 379 g/mol. The first-order valence-corrected chi connectivity index (χ1v) is 9.22. The zero-order chi connectivity index (χ0) is 19.2. The maximum absolute atomic E-state index is 13.1. The molecule has 1 N–H and O–H groups in total. The number of carbonyl (C=O) groups excluding carboxylic acids is 1. The summed E-state index contributed by atoms with van der Waals surface area (Å²) in [6.45, 7) is 1.64. The fourth-order valence-corrected chi connectivity index (χ4v) is 3.20. The van der Waals surface area contributed by atoms with E-state index in [1.54, 1.807) is 11.1 Å². The Labute approximate surface area is 162 Å². The lowest BCUT2D eigenvalue weighted by molar-refractivity contribution is 0.0816. The highest BCUT2D eigenvalue weighted by molar-refractivity contribution is 5.93. The van der Waals surface area contributed by atoms with Crippen molar-refractivity contribution >= 4 is 11.7 Å². The summed E-state index contributed by atoms with van der Waals surface area (Å²) >= 11 is 0. The summed E-state index contributed by atoms with van der Waals surface area (Å²) in [7, 11) is 0. The van der Waals surface area contributed by atoms with E-state index in [-0.39, 0.29) is 12.1 Å². The minimum absolute atomic E-state index is 0.0423. The van der Waals surface area contributed by atoms with Crippen LogP contribution in [0, 0.1) is 0 Å². The second-order valence-corrected chi connectivity index (χ2v) is 6.56. The summed E-state index contributed by atoms with van der Waals surface area (Å²) in [5.41, 5.74) is 2.10. The van der Waals surface area contributed by atoms with Crippen molar-refractivity contribution in [2.75, 3.05) is 18.5 Å². The van der Waals surface area contributed by atoms with Gasteiger partial charge in [0.15, 0.2) is 0 Å². The van der Waals surface area contributed by atoms with E-state index in [2.05, 4.69) is 20.5 Å². The summed E-state index contributed by atoms with van der Waals surface area (Å²) in [6, 6.07) is 12.8. The second kappa shape index (κ2) is 8.62. The quantitative estimate of drug-likeness (QED) is 0.706. The molecule has 8 heteroatoms. The van der Waals surface area contributed by atoms with Crippen LogP contribution in [-0.4, -0.2) is 45.4 Å². The van der Waals surface area contributed by atoms with Crippen LogP contribution in [0.4, 0.5) is 10.5 Å². The number of nitrogens with one attached hydrogen (secondary N) is 1. The van der Waals surface area contributed by atoms with Gasteiger partial charge in [-0.1, -0.05) is 18.2 Å². The number of para-hydroxylation sites is 1. The van der Waals surface area contributed by atoms with E-state index in [0.717, 1.165) is 25.1 Å². The van der Waals surface area contributed by atoms with Crippen molar-refractivity contribution < 1.29 is 13.9 Å². The molecule has 1 aliphatic heterocycles. The molecule has 1 saturated heterocycles. The van der Waals surface area contributed by atoms with Crippen molar-refractivity contribution in [1.82, 2.24) is 20.1 Å². The molecule has 28 heavy (non-hydrogen) atoms. The number of rotatable bonds is 6. The molecule has 8 nitrogen and oxygen atoms in total. The van der Waals surface area contributed by atoms with Crippen molar-refractivity contribution in [3.63, 3.8) is 0 Å². The van der Waals surface area contributed by atoms with Gasteiger partial charge in [-0.2, -0.15) is 0 Å². The highest BCUT2D eigenvalue weighted by atomic mass is 16.5. The lowest BCUT2D eigenvalue weighted by Crippen LogP contribution is -2.40. The maximum Gasteiger partial charge on any atom is 0.322 e. The number of benzene rings is 1. The summed E-state index contributed by atoms with van der Waals surface area (Å²) in [4.78, 5) is 19.2. The standard InChI is InChI=1S/C20H21N5O3/c26-20(23-18-9-2-1-8-17(18)19-24-22-14-28-19)25(13-16-7-5-11-27-16)12-15-6-3-4-10-21-15/h1-4,6,8-10,14,16H,5,7,11-13H2,(H,23,26)/t16-/m1/s1. The van der Waals surface area contributed by atoms with Crippen LogP contribution in [0.3, 0.4) is 0 Å². The van der Waals surface area contributed by atoms with E-state index in [1.165, 1.54) is 6.39 Å². The first-order valence-electron chi connectivity index (χ1n) is 9.22. The summed E-state index contributed by atoms with van der Waals surface area (Å²) in [5, 5.41) is 10.6. The van der Waals surface area contributed by atoms with Crippen LogP contribution in [0.25, 0.3) is 11.5 Å². The summed E-state index contributed by atoms with van der Waals surface area (Å²) < 4.78 is 11.0. The van der Waals surface area contributed by atoms with Gasteiger partial charge >= 0.3 is 6.03 Å². The zero-order valence-corrected chi connectivity index (χ0v) is 15.3. The molecule has 144 valence electrons. The molecule has 4 rings (SSSR count). The van der Waals surface area contributed by atoms with Gasteiger partial charge in [0, 0.05) is 19.3 Å². The minimum Gasteiger partial charge on any atom is -0.423 e. The van der Waals surface area contributed by atoms with Crippen LogP contribution < -0.4 is 5.32 Å². The van der Waals surface area contributed by atoms with Crippen LogP contribution in [0.5, 0.6) is 0 Å². The minimum atomic E-state index is -0.229. The van der Waals surface area contributed by atoms with Crippen molar-refractivity contribution in [2.24, 2.45) is 0 Å². The fraction of sp³-hybridized carbons (Fsp3) is 0.300. The molecule has 1 aliphatic rings. The van der Waals surface area contributed by atoms with Crippen molar-refractivity contribution in [3.05, 3.63) is 60.7 Å². The van der Waals surface area contributed by atoms with Gasteiger partial charge in [0.25, 0.3) is 0 Å². The number of amides is 2. The van der Waals surface area contributed by atoms with Crippen molar-refractivity contribution in [1.29, 1.82) is 0 Å². The lowest BCUT2D eigenvalue weighted by atomic mass is 10.1. The Kier molecular flexibility index (Phi) is 5.58. The predicted molar refractivity (Wildman–Crippen MR) is 102 cm³/mol. The van der Waals surface area contributed by atoms with Crippen LogP contribution in [-0.2, 0) is 11.3 Å². The average Bonchev–Trinajstić information content (AvgIpc) is 3.43. The van der Waals surface area contributed by atoms with Gasteiger partial charge in [0.1, 0.15) is 0 Å². The molecule has 0 unspecified atom stereocenters. The summed E-state index contributed by atoms with van der Waals surface area (Å²) in [6.07, 6.45) is 5.00. The van der Waals surface area contributed by atoms with E-state index in [1.807, 2.05) is 42.5 Å². The molecule has 2 aromatic heterocycles. The monoisotopic (exact) mass is 379 g/mol. The molecule has 0 saturated carbocycles. The third-order valence-corrected chi connectivity index (χ3v) is 4.57. The molecule has 1 fully saturated rings. The summed E-state index contributed by atoms with van der Waals surface area (Å²) in [5.74, 6) is 0.353. The number of ether oxygens (including phenoxy) is 1. The van der Waals surface area contributed by atoms with Gasteiger partial charge in [0.05, 0.1) is 29.6 Å². The van der Waals surface area contributed by atoms with Gasteiger partial charge in [-0.05, 0) is 37.1 Å². The number of hydrogen-bond donors (Lipinski definition) is 1. The molecular weight excluding hydrogens is 358 g/mol. The highest BCUT2D eigenvalue weighted by Gasteiger charge is 2.24. The van der Waals surface area contributed by atoms with Gasteiger partial charge < -0.3 is 19.4 Å². The fourth-order valence-electron chi connectivity index (χ4n) is 3.20. The zero-order valence-electron chi connectivity index (χ0n) is 15.3. The van der Waals surface area contributed by atoms with E-state index in [4.69, 9.17) is 9.15 Å². The Morgan fingerprint density at radius 3 is 2.86 bits per heavy atom. The number of carbonyl (C=O) groups is 1. The molecule has 3 heterocycles. The highest BCUT2D eigenvalue weighted by Crippen LogP contribution is 2.26. The molecule has 0 bridgehead atoms. The number of pyridine rings is 1. The SMILES string of the molecule is O=C(Nc1ccccc1-c1nnco1)N(Cc1ccccn1)C[C@H]1CCCO1. The Morgan fingerprint density at radius 1 is 1.21 bits per heavy atom. The molecule has 3 aromatic rings. The van der Waals surface area contributed by atoms with E-state index in [0.29, 0.717) is 30.2 Å². The molecule has 1 aromatic carbocycles. The van der Waals surface area contributed by atoms with E-state index < -0.39 is 0 Å². The number of urea groups is 1.